The van der Waals surface area contributed by atoms with Crippen LogP contribution in [0.25, 0.3) is 0 Å². The summed E-state index contributed by atoms with van der Waals surface area (Å²) in [6, 6.07) is 12.0. The number of benzene rings is 2. The van der Waals surface area contributed by atoms with E-state index in [-0.39, 0.29) is 58.1 Å². The van der Waals surface area contributed by atoms with Gasteiger partial charge in [-0.2, -0.15) is 0 Å². The van der Waals surface area contributed by atoms with Crippen molar-refractivity contribution in [3.05, 3.63) is 135 Å². The van der Waals surface area contributed by atoms with Crippen LogP contribution in [0, 0.1) is 45.8 Å². The third-order valence-electron chi connectivity index (χ3n) is 18.4. The number of carbonyl (C=O) groups is 3. The lowest BCUT2D eigenvalue weighted by Crippen LogP contribution is -2.79. The molecule has 8 N–H and O–H groups in total. The molecule has 7 aliphatic carbocycles. The van der Waals surface area contributed by atoms with E-state index in [2.05, 4.69) is 16.7 Å². The Morgan fingerprint density at radius 2 is 1.85 bits per heavy atom. The van der Waals surface area contributed by atoms with Gasteiger partial charge in [0.05, 0.1) is 30.1 Å². The minimum Gasteiger partial charge on any atom is -0.511 e. The average molecular weight is 959 g/mol. The average Bonchev–Trinajstić information content (AvgIpc) is 3.89. The number of hydrogen-bond donors (Lipinski definition) is 8. The predicted molar refractivity (Wildman–Crippen MR) is 252 cm³/mol. The molecule has 11 bridgehead atoms. The summed E-state index contributed by atoms with van der Waals surface area (Å²) in [5.74, 6) is -3.09. The highest BCUT2D eigenvalue weighted by atomic mass is 33.1. The zero-order valence-corrected chi connectivity index (χ0v) is 38.9. The topological polar surface area (TPSA) is 215 Å². The first-order valence-electron chi connectivity index (χ1n) is 24.1. The van der Waals surface area contributed by atoms with Gasteiger partial charge in [-0.1, -0.05) is 88.7 Å². The second kappa shape index (κ2) is 15.0. The van der Waals surface area contributed by atoms with Crippen molar-refractivity contribution >= 4 is 39.4 Å². The van der Waals surface area contributed by atoms with Gasteiger partial charge in [-0.05, 0) is 101 Å². The van der Waals surface area contributed by atoms with E-state index < -0.39 is 76.0 Å². The zero-order chi connectivity index (χ0) is 46.7. The molecule has 1 saturated heterocycles. The quantitative estimate of drug-likeness (QED) is 0.112. The first kappa shape index (κ1) is 43.6. The van der Waals surface area contributed by atoms with Gasteiger partial charge in [-0.15, -0.1) is 0 Å². The van der Waals surface area contributed by atoms with Crippen LogP contribution in [-0.2, 0) is 22.6 Å². The van der Waals surface area contributed by atoms with E-state index >= 15 is 9.59 Å². The van der Waals surface area contributed by atoms with Crippen LogP contribution in [-0.4, -0.2) is 102 Å². The van der Waals surface area contributed by atoms with E-state index in [0.717, 1.165) is 78.5 Å². The van der Waals surface area contributed by atoms with Crippen LogP contribution >= 0.6 is 21.6 Å². The number of aldehydes is 1. The summed E-state index contributed by atoms with van der Waals surface area (Å²) in [4.78, 5) is 44.0. The molecule has 13 nitrogen and oxygen atoms in total. The van der Waals surface area contributed by atoms with Crippen LogP contribution in [0.2, 0.25) is 0 Å². The van der Waals surface area contributed by atoms with Crippen LogP contribution in [0.5, 0.6) is 5.75 Å². The minimum atomic E-state index is -2.41. The first-order valence-corrected chi connectivity index (χ1v) is 26.4. The largest absolute Gasteiger partial charge is 0.511 e. The number of fused-ring (bicyclic) bond motifs is 3. The summed E-state index contributed by atoms with van der Waals surface area (Å²) in [6.45, 7) is -0.390. The summed E-state index contributed by atoms with van der Waals surface area (Å²) >= 11 is 0. The van der Waals surface area contributed by atoms with E-state index in [4.69, 9.17) is 9.47 Å². The molecule has 354 valence electrons. The fourth-order valence-corrected chi connectivity index (χ4v) is 18.5. The van der Waals surface area contributed by atoms with Gasteiger partial charge in [0.1, 0.15) is 52.4 Å². The number of nitrogens with one attached hydrogen (secondary N) is 2. The Morgan fingerprint density at radius 1 is 1.01 bits per heavy atom. The Labute approximate surface area is 400 Å². The van der Waals surface area contributed by atoms with E-state index in [1.165, 1.54) is 22.4 Å². The van der Waals surface area contributed by atoms with Crippen LogP contribution in [0.15, 0.2) is 112 Å². The lowest BCUT2D eigenvalue weighted by molar-refractivity contribution is -0.357. The predicted octanol–water partition coefficient (Wildman–Crippen LogP) is 5.06. The number of aliphatic hydroxyl groups excluding tert-OH is 5. The highest BCUT2D eigenvalue weighted by Gasteiger charge is 2.78. The number of rotatable bonds is 5. The molecular formula is C53H54N2O11S2. The molecule has 0 aromatic heterocycles. The van der Waals surface area contributed by atoms with E-state index in [1.54, 1.807) is 41.2 Å². The van der Waals surface area contributed by atoms with Crippen molar-refractivity contribution in [2.45, 2.75) is 93.0 Å². The number of ether oxygens (including phenoxy) is 2. The van der Waals surface area contributed by atoms with Gasteiger partial charge in [-0.3, -0.25) is 9.59 Å². The van der Waals surface area contributed by atoms with Crippen molar-refractivity contribution < 1.29 is 54.5 Å². The molecule has 14 rings (SSSR count). The number of dihydropyridines is 1. The molecule has 2 aromatic carbocycles. The molecule has 2 saturated carbocycles. The van der Waals surface area contributed by atoms with Gasteiger partial charge in [0.25, 0.3) is 0 Å². The second-order valence-corrected chi connectivity index (χ2v) is 23.8. The molecule has 5 aliphatic heterocycles. The molecular weight excluding hydrogens is 905 g/mol. The van der Waals surface area contributed by atoms with E-state index in [1.807, 2.05) is 30.3 Å². The normalized spacial score (nSPS) is 42.4. The number of ketones is 2. The van der Waals surface area contributed by atoms with Crippen LogP contribution < -0.4 is 15.4 Å². The molecule has 68 heavy (non-hydrogen) atoms. The lowest BCUT2D eigenvalue weighted by Gasteiger charge is -2.65. The number of hydrogen-bond acceptors (Lipinski definition) is 15. The summed E-state index contributed by atoms with van der Waals surface area (Å²) in [7, 11) is 2.95. The number of Topliss-reactive ketones (excluding diaryl/α,β-unsaturated/α-hetero) is 2. The molecule has 5 heterocycles. The lowest BCUT2D eigenvalue weighted by atomic mass is 9.43. The molecule has 0 radical (unpaired) electrons. The highest BCUT2D eigenvalue weighted by Crippen LogP contribution is 2.78. The Balaban J connectivity index is 1.01. The van der Waals surface area contributed by atoms with Crippen molar-refractivity contribution in [1.82, 2.24) is 10.6 Å². The van der Waals surface area contributed by atoms with Gasteiger partial charge in [0.2, 0.25) is 6.29 Å². The molecule has 0 amide bonds. The Hall–Kier alpha value is -4.45. The maximum atomic E-state index is 15.6. The molecule has 14 unspecified atom stereocenters. The summed E-state index contributed by atoms with van der Waals surface area (Å²) in [5.41, 5.74) is -0.826. The zero-order valence-electron chi connectivity index (χ0n) is 37.2. The SMILES string of the molecule is O=CC1CCCC12CC1CCC3=C4C5=C(NC3)NC3CC5=CC2C41C1C=CC2(CO)OC(Oc4cccc5c4C(=O)C4(CSS3)C(O)=CC(Cc3cccc(CO)c3)=CC4C5=O)C(O)C1(O)C2O. The van der Waals surface area contributed by atoms with Crippen molar-refractivity contribution in [3.63, 3.8) is 0 Å². The molecule has 14 atom stereocenters. The summed E-state index contributed by atoms with van der Waals surface area (Å²) < 4.78 is 13.1. The van der Waals surface area contributed by atoms with Crippen LogP contribution in [0.1, 0.15) is 76.8 Å². The molecule has 3 spiro atoms. The monoisotopic (exact) mass is 958 g/mol. The van der Waals surface area contributed by atoms with Crippen molar-refractivity contribution in [3.8, 4) is 5.75 Å². The standard InChI is InChI=1S/C53H54N2O11S2/c56-22-27-5-1-4-26(14-27)15-28-16-34-43(60)33-7-2-8-35-41(33)44(61)51(34,38(59)17-28)25-67-68-39-19-30-18-37-49(12-3-6-32(49)23-57)20-31-10-9-29-21-54-46(55-39)40(30)42(29)52(31,37)36-11-13-50(24-58)48(63)53(36,64)45(62)47(65-35)66-50/h1-2,4-5,7-8,11,13-14,16-18,23,31-32,34,36-37,39,45,47-48,54-56,58-59,62-64H,3,6,9-10,12,15,19-22,24-25H2. The first-order chi connectivity index (χ1) is 32.9. The summed E-state index contributed by atoms with van der Waals surface area (Å²) in [6.07, 6.45) is 10.5. The molecule has 12 aliphatic rings. The maximum Gasteiger partial charge on any atom is 0.230 e. The van der Waals surface area contributed by atoms with Crippen LogP contribution in [0.3, 0.4) is 0 Å². The van der Waals surface area contributed by atoms with Crippen molar-refractivity contribution in [1.29, 1.82) is 0 Å². The fraction of sp³-hybridized carbons (Fsp3) is 0.491. The van der Waals surface area contributed by atoms with Crippen molar-refractivity contribution in [2.75, 3.05) is 18.9 Å². The van der Waals surface area contributed by atoms with Gasteiger partial charge in [0, 0.05) is 47.1 Å². The van der Waals surface area contributed by atoms with E-state index in [0.29, 0.717) is 25.0 Å². The number of allylic oxidation sites excluding steroid dienone is 7. The van der Waals surface area contributed by atoms with Gasteiger partial charge in [-0.25, -0.2) is 0 Å². The van der Waals surface area contributed by atoms with E-state index in [9.17, 15) is 35.4 Å². The van der Waals surface area contributed by atoms with Gasteiger partial charge >= 0.3 is 0 Å². The summed E-state index contributed by atoms with van der Waals surface area (Å²) in [5, 5.41) is 80.1. The highest BCUT2D eigenvalue weighted by molar-refractivity contribution is 8.76. The third kappa shape index (κ3) is 5.39. The number of aliphatic hydroxyl groups is 6. The Morgan fingerprint density at radius 3 is 2.68 bits per heavy atom. The van der Waals surface area contributed by atoms with Crippen LogP contribution in [0.4, 0.5) is 0 Å². The molecule has 15 heteroatoms. The smallest absolute Gasteiger partial charge is 0.230 e. The fourth-order valence-electron chi connectivity index (χ4n) is 15.6. The van der Waals surface area contributed by atoms with Crippen molar-refractivity contribution in [2.24, 2.45) is 45.8 Å². The molecule has 2 aromatic rings. The number of carbonyl (C=O) groups excluding carboxylic acids is 3. The third-order valence-corrected chi connectivity index (χ3v) is 21.1. The minimum absolute atomic E-state index is 0.00475. The van der Waals surface area contributed by atoms with Gasteiger partial charge < -0.3 is 55.5 Å². The second-order valence-electron chi connectivity index (χ2n) is 21.2. The Bertz CT molecular complexity index is 2820. The Kier molecular flexibility index (Phi) is 9.63. The van der Waals surface area contributed by atoms with Gasteiger partial charge in [0.15, 0.2) is 11.6 Å². The maximum absolute atomic E-state index is 15.6. The molecule has 3 fully saturated rings.